The van der Waals surface area contributed by atoms with Gasteiger partial charge in [0.25, 0.3) is 0 Å². The third kappa shape index (κ3) is 5.11. The monoisotopic (exact) mass is 742 g/mol. The van der Waals surface area contributed by atoms with Gasteiger partial charge in [0.15, 0.2) is 6.10 Å². The summed E-state index contributed by atoms with van der Waals surface area (Å²) in [7, 11) is 0. The molecule has 5 aliphatic rings. The van der Waals surface area contributed by atoms with Gasteiger partial charge in [-0.2, -0.15) is 0 Å². The minimum absolute atomic E-state index is 0.110. The number of halogens is 3. The molecule has 2 heterocycles. The average Bonchev–Trinajstić information content (AvgIpc) is 3.86. The predicted molar refractivity (Wildman–Crippen MR) is 187 cm³/mol. The van der Waals surface area contributed by atoms with Gasteiger partial charge in [0.05, 0.1) is 34.3 Å². The van der Waals surface area contributed by atoms with E-state index in [-0.39, 0.29) is 59.1 Å². The predicted octanol–water partition coefficient (Wildman–Crippen LogP) is 8.22. The Labute approximate surface area is 295 Å². The normalized spacial score (nSPS) is 25.6. The minimum Gasteiger partial charge on any atom is -0.450 e. The first kappa shape index (κ1) is 31.4. The van der Waals surface area contributed by atoms with Crippen LogP contribution in [-0.4, -0.2) is 40.5 Å². The Morgan fingerprint density at radius 2 is 1.60 bits per heavy atom. The highest BCUT2D eigenvalue weighted by atomic mass is 79.9. The summed E-state index contributed by atoms with van der Waals surface area (Å²) in [5.74, 6) is -0.361. The lowest BCUT2D eigenvalue weighted by Crippen LogP contribution is -2.40. The smallest absolute Gasteiger partial charge is 0.339 e. The first-order valence-corrected chi connectivity index (χ1v) is 17.7. The van der Waals surface area contributed by atoms with Crippen molar-refractivity contribution in [3.63, 3.8) is 0 Å². The fraction of sp³-hybridized carbons (Fsp3) is 0.289. The molecule has 0 spiro atoms. The Morgan fingerprint density at radius 1 is 0.958 bits per heavy atom. The number of alkyl halides is 1. The first-order valence-electron chi connectivity index (χ1n) is 16.0. The number of hydrogen-bond donors (Lipinski definition) is 0. The van der Waals surface area contributed by atoms with Crippen molar-refractivity contribution in [3.8, 4) is 11.3 Å². The number of Topliss-reactive ketones (excluding diaryl/α,β-unsaturated/α-hetero) is 1. The van der Waals surface area contributed by atoms with E-state index in [9.17, 15) is 19.2 Å². The maximum absolute atomic E-state index is 13.9. The quantitative estimate of drug-likeness (QED) is 0.0594. The summed E-state index contributed by atoms with van der Waals surface area (Å²) < 4.78 is 6.62. The lowest BCUT2D eigenvalue weighted by atomic mass is 9.63. The third-order valence-electron chi connectivity index (χ3n) is 10.4. The van der Waals surface area contributed by atoms with Gasteiger partial charge in [-0.3, -0.25) is 19.3 Å². The van der Waals surface area contributed by atoms with Gasteiger partial charge in [0, 0.05) is 38.3 Å². The molecule has 48 heavy (non-hydrogen) atoms. The lowest BCUT2D eigenvalue weighted by Gasteiger charge is -2.37. The van der Waals surface area contributed by atoms with E-state index in [1.807, 2.05) is 13.0 Å². The van der Waals surface area contributed by atoms with Gasteiger partial charge >= 0.3 is 5.97 Å². The van der Waals surface area contributed by atoms with E-state index in [0.29, 0.717) is 50.3 Å². The molecular weight excluding hydrogens is 715 g/mol. The standard InChI is InChI=1S/C38H29BrCl2N2O5/c1-18-14-21(39)15-28-29(38(47)48-31(12-13-40)35(44)20-2-6-22(41)7-3-20)17-30(42-34(18)28)19-4-8-23(9-5-19)43-36(45)32-24-10-11-25(27-16-26(24)27)33(32)37(43)46/h2-11,14-15,17,24-27,31-33H,12-13,16H2,1H3. The van der Waals surface area contributed by atoms with E-state index in [4.69, 9.17) is 32.9 Å². The van der Waals surface area contributed by atoms with Crippen LogP contribution in [-0.2, 0) is 14.3 Å². The Morgan fingerprint density at radius 3 is 2.23 bits per heavy atom. The fourth-order valence-electron chi connectivity index (χ4n) is 8.10. The fourth-order valence-corrected chi connectivity index (χ4v) is 9.00. The van der Waals surface area contributed by atoms with E-state index in [0.717, 1.165) is 16.5 Å². The molecule has 7 atom stereocenters. The molecule has 2 amide bonds. The van der Waals surface area contributed by atoms with E-state index in [1.165, 1.54) is 4.90 Å². The highest BCUT2D eigenvalue weighted by Gasteiger charge is 2.67. The van der Waals surface area contributed by atoms with Crippen LogP contribution in [0.25, 0.3) is 22.2 Å². The Kier molecular flexibility index (Phi) is 7.81. The van der Waals surface area contributed by atoms with Gasteiger partial charge in [-0.1, -0.05) is 51.8 Å². The van der Waals surface area contributed by atoms with E-state index < -0.39 is 12.1 Å². The molecule has 3 aromatic carbocycles. The van der Waals surface area contributed by atoms with Crippen LogP contribution in [0.2, 0.25) is 5.02 Å². The molecule has 1 aliphatic heterocycles. The van der Waals surface area contributed by atoms with Crippen molar-refractivity contribution in [1.29, 1.82) is 0 Å². The maximum atomic E-state index is 13.9. The number of benzene rings is 3. The molecule has 242 valence electrons. The van der Waals surface area contributed by atoms with Crippen LogP contribution in [0.4, 0.5) is 5.69 Å². The number of fused-ring (bicyclic) bond motifs is 1. The molecular formula is C38H29BrCl2N2O5. The molecule has 10 heteroatoms. The number of aromatic nitrogens is 1. The number of carbonyl (C=O) groups excluding carboxylic acids is 4. The molecule has 0 N–H and O–H groups in total. The molecule has 4 aliphatic carbocycles. The summed E-state index contributed by atoms with van der Waals surface area (Å²) in [5, 5.41) is 1.05. The second kappa shape index (κ2) is 11.9. The zero-order valence-corrected chi connectivity index (χ0v) is 28.8. The van der Waals surface area contributed by atoms with Gasteiger partial charge in [-0.25, -0.2) is 9.78 Å². The molecule has 9 rings (SSSR count). The average molecular weight is 744 g/mol. The van der Waals surface area contributed by atoms with E-state index in [2.05, 4.69) is 28.1 Å². The topological polar surface area (TPSA) is 93.6 Å². The third-order valence-corrected chi connectivity index (χ3v) is 11.3. The van der Waals surface area contributed by atoms with Crippen LogP contribution in [0, 0.1) is 42.4 Å². The zero-order valence-electron chi connectivity index (χ0n) is 25.7. The van der Waals surface area contributed by atoms with Crippen molar-refractivity contribution in [2.24, 2.45) is 35.5 Å². The number of allylic oxidation sites excluding steroid dienone is 2. The van der Waals surface area contributed by atoms with Crippen molar-refractivity contribution in [2.45, 2.75) is 25.9 Å². The van der Waals surface area contributed by atoms with Crippen LogP contribution < -0.4 is 4.90 Å². The van der Waals surface area contributed by atoms with Gasteiger partial charge < -0.3 is 4.74 Å². The van der Waals surface area contributed by atoms with Crippen molar-refractivity contribution < 1.29 is 23.9 Å². The van der Waals surface area contributed by atoms with E-state index >= 15 is 0 Å². The highest BCUT2D eigenvalue weighted by Crippen LogP contribution is 2.65. The number of pyridine rings is 1. The number of ether oxygens (including phenoxy) is 1. The van der Waals surface area contributed by atoms with Gasteiger partial charge in [0.1, 0.15) is 0 Å². The second-order valence-electron chi connectivity index (χ2n) is 13.1. The number of amides is 2. The van der Waals surface area contributed by atoms with Crippen LogP contribution >= 0.6 is 39.1 Å². The van der Waals surface area contributed by atoms with Crippen molar-refractivity contribution in [3.05, 3.63) is 105 Å². The SMILES string of the molecule is Cc1cc(Br)cc2c(C(=O)OC(CCCl)C(=O)c3ccc(Cl)cc3)cc(-c3ccc(N4C(=O)C5C6C=CC(C7CC67)C5C4=O)cc3)nc12. The second-order valence-corrected chi connectivity index (χ2v) is 14.9. The number of imide groups is 1. The van der Waals surface area contributed by atoms with Gasteiger partial charge in [-0.15, -0.1) is 11.6 Å². The maximum Gasteiger partial charge on any atom is 0.339 e. The number of hydrogen-bond acceptors (Lipinski definition) is 6. The molecule has 3 fully saturated rings. The molecule has 7 unspecified atom stereocenters. The van der Waals surface area contributed by atoms with Crippen molar-refractivity contribution in [2.75, 3.05) is 10.8 Å². The summed E-state index contributed by atoms with van der Waals surface area (Å²) in [5.41, 5.74) is 3.74. The number of aryl methyl sites for hydroxylation is 1. The van der Waals surface area contributed by atoms with E-state index in [1.54, 1.807) is 60.7 Å². The summed E-state index contributed by atoms with van der Waals surface area (Å²) in [6.45, 7) is 1.90. The Bertz CT molecular complexity index is 2030. The summed E-state index contributed by atoms with van der Waals surface area (Å²) in [6, 6.07) is 18.9. The van der Waals surface area contributed by atoms with Gasteiger partial charge in [0.2, 0.25) is 17.6 Å². The number of carbonyl (C=O) groups is 4. The van der Waals surface area contributed by atoms with Crippen LogP contribution in [0.15, 0.2) is 83.4 Å². The number of rotatable bonds is 8. The summed E-state index contributed by atoms with van der Waals surface area (Å²) >= 11 is 15.6. The van der Waals surface area contributed by atoms with Crippen LogP contribution in [0.3, 0.4) is 0 Å². The molecule has 1 aromatic heterocycles. The van der Waals surface area contributed by atoms with Gasteiger partial charge in [-0.05, 0) is 97.2 Å². The molecule has 0 radical (unpaired) electrons. The summed E-state index contributed by atoms with van der Waals surface area (Å²) in [4.78, 5) is 60.8. The minimum atomic E-state index is -1.11. The lowest BCUT2D eigenvalue weighted by molar-refractivity contribution is -0.124. The number of ketones is 1. The molecule has 2 bridgehead atoms. The van der Waals surface area contributed by atoms with Crippen LogP contribution in [0.1, 0.15) is 39.1 Å². The van der Waals surface area contributed by atoms with Crippen LogP contribution in [0.5, 0.6) is 0 Å². The van der Waals surface area contributed by atoms with Crippen molar-refractivity contribution in [1.82, 2.24) is 4.98 Å². The van der Waals surface area contributed by atoms with Crippen molar-refractivity contribution >= 4 is 79.3 Å². The highest BCUT2D eigenvalue weighted by molar-refractivity contribution is 9.10. The largest absolute Gasteiger partial charge is 0.450 e. The molecule has 7 nitrogen and oxygen atoms in total. The Balaban J connectivity index is 1.11. The molecule has 1 saturated heterocycles. The zero-order chi connectivity index (χ0) is 33.4. The number of nitrogens with zero attached hydrogens (tertiary/aromatic N) is 2. The number of anilines is 1. The summed E-state index contributed by atoms with van der Waals surface area (Å²) in [6.07, 6.45) is 4.46. The Hall–Kier alpha value is -3.85. The molecule has 2 saturated carbocycles. The first-order chi connectivity index (χ1) is 23.1. The molecule has 4 aromatic rings. The number of esters is 1.